The van der Waals surface area contributed by atoms with Gasteiger partial charge < -0.3 is 9.80 Å². The molecule has 2 fully saturated rings. The number of likely N-dealkylation sites (N-methyl/N-ethyl adjacent to an activating group) is 1. The Kier molecular flexibility index (Phi) is 4.13. The molecule has 2 aliphatic rings. The van der Waals surface area contributed by atoms with Crippen molar-refractivity contribution in [2.45, 2.75) is 38.1 Å². The molecule has 0 spiro atoms. The van der Waals surface area contributed by atoms with Crippen LogP contribution >= 0.6 is 0 Å². The van der Waals surface area contributed by atoms with Gasteiger partial charge in [-0.2, -0.15) is 0 Å². The maximum Gasteiger partial charge on any atom is 0.225 e. The number of piperidine rings is 1. The Hall–Kier alpha value is -2.10. The average molecular weight is 323 g/mol. The number of anilines is 1. The van der Waals surface area contributed by atoms with Crippen molar-refractivity contribution in [1.82, 2.24) is 9.88 Å². The molecular formula is C20H25N3O. The zero-order chi connectivity index (χ0) is 16.5. The third-order valence-electron chi connectivity index (χ3n) is 5.65. The zero-order valence-electron chi connectivity index (χ0n) is 14.3. The van der Waals surface area contributed by atoms with Gasteiger partial charge in [0, 0.05) is 37.5 Å². The van der Waals surface area contributed by atoms with E-state index in [1.165, 1.54) is 11.8 Å². The summed E-state index contributed by atoms with van der Waals surface area (Å²) in [5, 5.41) is 1.17. The fourth-order valence-electron chi connectivity index (χ4n) is 3.83. The van der Waals surface area contributed by atoms with Crippen molar-refractivity contribution in [1.29, 1.82) is 0 Å². The van der Waals surface area contributed by atoms with Crippen molar-refractivity contribution in [2.75, 3.05) is 25.0 Å². The summed E-state index contributed by atoms with van der Waals surface area (Å²) in [5.74, 6) is 1.66. The fraction of sp³-hybridized carbons (Fsp3) is 0.500. The molecule has 126 valence electrons. The summed E-state index contributed by atoms with van der Waals surface area (Å²) in [7, 11) is 1.99. The van der Waals surface area contributed by atoms with Gasteiger partial charge in [-0.3, -0.25) is 4.79 Å². The lowest BCUT2D eigenvalue weighted by atomic mass is 9.84. The standard InChI is InChI=1S/C20H25N3O/c1-22(20(24)16-7-4-8-16)17-9-5-13-23(14-17)19-12-11-15-6-2-3-10-18(15)21-19/h2-3,6,10-12,16-17H,4-5,7-9,13-14H2,1H3. The molecule has 1 aromatic heterocycles. The van der Waals surface area contributed by atoms with E-state index in [4.69, 9.17) is 4.98 Å². The van der Waals surface area contributed by atoms with E-state index in [0.29, 0.717) is 11.9 Å². The van der Waals surface area contributed by atoms with Crippen LogP contribution in [0.5, 0.6) is 0 Å². The van der Waals surface area contributed by atoms with Crippen molar-refractivity contribution in [3.05, 3.63) is 36.4 Å². The molecule has 0 bridgehead atoms. The molecular weight excluding hydrogens is 298 g/mol. The van der Waals surface area contributed by atoms with E-state index in [2.05, 4.69) is 29.2 Å². The first-order valence-electron chi connectivity index (χ1n) is 9.10. The van der Waals surface area contributed by atoms with E-state index in [-0.39, 0.29) is 5.92 Å². The summed E-state index contributed by atoms with van der Waals surface area (Å²) in [6, 6.07) is 12.8. The van der Waals surface area contributed by atoms with E-state index in [9.17, 15) is 4.79 Å². The van der Waals surface area contributed by atoms with E-state index < -0.39 is 0 Å². The lowest BCUT2D eigenvalue weighted by Crippen LogP contribution is -2.51. The molecule has 1 saturated carbocycles. The number of pyridine rings is 1. The minimum atomic E-state index is 0.282. The lowest BCUT2D eigenvalue weighted by molar-refractivity contribution is -0.139. The highest BCUT2D eigenvalue weighted by atomic mass is 16.2. The van der Waals surface area contributed by atoms with E-state index in [1.54, 1.807) is 0 Å². The third-order valence-corrected chi connectivity index (χ3v) is 5.65. The Morgan fingerprint density at radius 1 is 1.12 bits per heavy atom. The maximum absolute atomic E-state index is 12.5. The van der Waals surface area contributed by atoms with Crippen LogP contribution < -0.4 is 4.90 Å². The second-order valence-corrected chi connectivity index (χ2v) is 7.18. The molecule has 1 aliphatic heterocycles. The molecule has 1 amide bonds. The number of carbonyl (C=O) groups excluding carboxylic acids is 1. The highest BCUT2D eigenvalue weighted by Crippen LogP contribution is 2.30. The Morgan fingerprint density at radius 2 is 1.96 bits per heavy atom. The number of hydrogen-bond donors (Lipinski definition) is 0. The molecule has 4 nitrogen and oxygen atoms in total. The van der Waals surface area contributed by atoms with Crippen LogP contribution in [-0.2, 0) is 4.79 Å². The molecule has 0 N–H and O–H groups in total. The SMILES string of the molecule is CN(C(=O)C1CCC1)C1CCCN(c2ccc3ccccc3n2)C1. The van der Waals surface area contributed by atoms with Gasteiger partial charge in [0.25, 0.3) is 0 Å². The van der Waals surface area contributed by atoms with Crippen molar-refractivity contribution in [3.8, 4) is 0 Å². The first kappa shape index (κ1) is 15.4. The number of para-hydroxylation sites is 1. The van der Waals surface area contributed by atoms with Gasteiger partial charge in [0.05, 0.1) is 5.52 Å². The number of nitrogens with zero attached hydrogens (tertiary/aromatic N) is 3. The van der Waals surface area contributed by atoms with Crippen LogP contribution in [0.15, 0.2) is 36.4 Å². The summed E-state index contributed by atoms with van der Waals surface area (Å²) in [5.41, 5.74) is 1.04. The molecule has 0 radical (unpaired) electrons. The van der Waals surface area contributed by atoms with Gasteiger partial charge in [0.2, 0.25) is 5.91 Å². The topological polar surface area (TPSA) is 36.4 Å². The second-order valence-electron chi connectivity index (χ2n) is 7.18. The summed E-state index contributed by atoms with van der Waals surface area (Å²) in [6.45, 7) is 1.91. The second kappa shape index (κ2) is 6.42. The summed E-state index contributed by atoms with van der Waals surface area (Å²) < 4.78 is 0. The molecule has 4 rings (SSSR count). The molecule has 1 atom stereocenters. The van der Waals surface area contributed by atoms with Crippen LogP contribution in [0.4, 0.5) is 5.82 Å². The Labute approximate surface area is 143 Å². The quantitative estimate of drug-likeness (QED) is 0.868. The Balaban J connectivity index is 1.50. The van der Waals surface area contributed by atoms with Gasteiger partial charge in [-0.1, -0.05) is 24.6 Å². The van der Waals surface area contributed by atoms with Crippen LogP contribution in [0.2, 0.25) is 0 Å². The van der Waals surface area contributed by atoms with Gasteiger partial charge in [0.15, 0.2) is 0 Å². The molecule has 1 aliphatic carbocycles. The van der Waals surface area contributed by atoms with Gasteiger partial charge in [-0.05, 0) is 43.9 Å². The zero-order valence-corrected chi connectivity index (χ0v) is 14.3. The van der Waals surface area contributed by atoms with Crippen molar-refractivity contribution in [3.63, 3.8) is 0 Å². The summed E-state index contributed by atoms with van der Waals surface area (Å²) in [4.78, 5) is 21.7. The number of benzene rings is 1. The highest BCUT2D eigenvalue weighted by molar-refractivity contribution is 5.81. The average Bonchev–Trinajstić information content (AvgIpc) is 2.59. The number of carbonyl (C=O) groups is 1. The number of hydrogen-bond acceptors (Lipinski definition) is 3. The fourth-order valence-corrected chi connectivity index (χ4v) is 3.83. The van der Waals surface area contributed by atoms with Gasteiger partial charge in [-0.25, -0.2) is 4.98 Å². The van der Waals surface area contributed by atoms with Crippen LogP contribution in [0, 0.1) is 5.92 Å². The summed E-state index contributed by atoms with van der Waals surface area (Å²) in [6.07, 6.45) is 5.57. The number of fused-ring (bicyclic) bond motifs is 1. The van der Waals surface area contributed by atoms with Crippen molar-refractivity contribution < 1.29 is 4.79 Å². The maximum atomic E-state index is 12.5. The van der Waals surface area contributed by atoms with E-state index in [0.717, 1.165) is 50.1 Å². The minimum absolute atomic E-state index is 0.282. The van der Waals surface area contributed by atoms with Crippen molar-refractivity contribution >= 4 is 22.6 Å². The monoisotopic (exact) mass is 323 g/mol. The van der Waals surface area contributed by atoms with Crippen LogP contribution in [0.3, 0.4) is 0 Å². The Bertz CT molecular complexity index is 740. The van der Waals surface area contributed by atoms with Gasteiger partial charge in [0.1, 0.15) is 5.82 Å². The minimum Gasteiger partial charge on any atom is -0.355 e. The van der Waals surface area contributed by atoms with Crippen LogP contribution in [0.1, 0.15) is 32.1 Å². The van der Waals surface area contributed by atoms with Gasteiger partial charge >= 0.3 is 0 Å². The smallest absolute Gasteiger partial charge is 0.225 e. The summed E-state index contributed by atoms with van der Waals surface area (Å²) >= 11 is 0. The largest absolute Gasteiger partial charge is 0.355 e. The normalized spacial score (nSPS) is 21.5. The molecule has 24 heavy (non-hydrogen) atoms. The predicted octanol–water partition coefficient (Wildman–Crippen LogP) is 3.46. The molecule has 2 heterocycles. The van der Waals surface area contributed by atoms with Crippen LogP contribution in [-0.4, -0.2) is 42.0 Å². The molecule has 4 heteroatoms. The van der Waals surface area contributed by atoms with E-state index >= 15 is 0 Å². The van der Waals surface area contributed by atoms with Crippen molar-refractivity contribution in [2.24, 2.45) is 5.92 Å². The van der Waals surface area contributed by atoms with Gasteiger partial charge in [-0.15, -0.1) is 0 Å². The predicted molar refractivity (Wildman–Crippen MR) is 97.1 cm³/mol. The number of rotatable bonds is 3. The molecule has 1 unspecified atom stereocenters. The van der Waals surface area contributed by atoms with Crippen LogP contribution in [0.25, 0.3) is 10.9 Å². The molecule has 1 aromatic carbocycles. The number of aromatic nitrogens is 1. The third kappa shape index (κ3) is 2.85. The Morgan fingerprint density at radius 3 is 2.75 bits per heavy atom. The van der Waals surface area contributed by atoms with E-state index in [1.807, 2.05) is 24.1 Å². The highest BCUT2D eigenvalue weighted by Gasteiger charge is 2.33. The lowest BCUT2D eigenvalue weighted by Gasteiger charge is -2.40. The number of amides is 1. The molecule has 2 aromatic rings. The first-order valence-corrected chi connectivity index (χ1v) is 9.10. The molecule has 1 saturated heterocycles. The first-order chi connectivity index (χ1) is 11.7.